The monoisotopic (exact) mass is 326 g/mol. The van der Waals surface area contributed by atoms with Gasteiger partial charge in [-0.2, -0.15) is 0 Å². The fraction of sp³-hybridized carbons (Fsp3) is 0.316. The third-order valence-corrected chi connectivity index (χ3v) is 5.23. The first-order chi connectivity index (χ1) is 11.3. The molecule has 1 atom stereocenters. The predicted molar refractivity (Wildman–Crippen MR) is 95.5 cm³/mol. The van der Waals surface area contributed by atoms with Crippen LogP contribution in [-0.2, 0) is 4.79 Å². The summed E-state index contributed by atoms with van der Waals surface area (Å²) >= 11 is 1.64. The molecule has 1 heterocycles. The van der Waals surface area contributed by atoms with Crippen LogP contribution in [0.4, 0.5) is 0 Å². The number of carbonyl (C=O) groups is 1. The number of thioether (sulfide) groups is 1. The average Bonchev–Trinajstić information content (AvgIpc) is 2.90. The minimum atomic E-state index is -0.184. The summed E-state index contributed by atoms with van der Waals surface area (Å²) in [5, 5.41) is 3.18. The number of nitrogens with one attached hydrogen (secondary N) is 1. The molecule has 1 saturated heterocycles. The van der Waals surface area contributed by atoms with Gasteiger partial charge in [-0.3, -0.25) is 4.79 Å². The summed E-state index contributed by atoms with van der Waals surface area (Å²) in [5.74, 6) is 0.216. The molecule has 2 aromatic carbocycles. The topological polar surface area (TPSA) is 32.3 Å². The molecular formula is C19H22N2OS. The molecule has 3 nitrogen and oxygen atoms in total. The van der Waals surface area contributed by atoms with E-state index in [1.165, 1.54) is 0 Å². The highest BCUT2D eigenvalue weighted by atomic mass is 32.2. The Morgan fingerprint density at radius 2 is 1.65 bits per heavy atom. The molecule has 2 aromatic rings. The van der Waals surface area contributed by atoms with Gasteiger partial charge in [0.05, 0.1) is 0 Å². The van der Waals surface area contributed by atoms with Crippen LogP contribution in [0, 0.1) is 0 Å². The van der Waals surface area contributed by atoms with Crippen molar-refractivity contribution in [2.75, 3.05) is 26.2 Å². The highest BCUT2D eigenvalue weighted by Gasteiger charge is 2.27. The minimum absolute atomic E-state index is 0.184. The second-order valence-corrected chi connectivity index (χ2v) is 6.83. The summed E-state index contributed by atoms with van der Waals surface area (Å²) in [5.41, 5.74) is 1.07. The van der Waals surface area contributed by atoms with Crippen LogP contribution >= 0.6 is 11.8 Å². The molecule has 1 aliphatic rings. The van der Waals surface area contributed by atoms with Crippen molar-refractivity contribution in [3.8, 4) is 0 Å². The molecule has 0 aliphatic carbocycles. The zero-order valence-corrected chi connectivity index (χ0v) is 14.0. The quantitative estimate of drug-likeness (QED) is 0.875. The van der Waals surface area contributed by atoms with Gasteiger partial charge in [0.1, 0.15) is 5.25 Å². The van der Waals surface area contributed by atoms with Crippen LogP contribution in [0.25, 0.3) is 0 Å². The van der Waals surface area contributed by atoms with Crippen LogP contribution in [-0.4, -0.2) is 37.0 Å². The number of carbonyl (C=O) groups excluding carboxylic acids is 1. The van der Waals surface area contributed by atoms with Crippen LogP contribution in [0.15, 0.2) is 65.6 Å². The average molecular weight is 326 g/mol. The van der Waals surface area contributed by atoms with Crippen molar-refractivity contribution in [2.45, 2.75) is 16.6 Å². The third-order valence-electron chi connectivity index (χ3n) is 3.98. The molecule has 23 heavy (non-hydrogen) atoms. The van der Waals surface area contributed by atoms with Crippen LogP contribution in [0.3, 0.4) is 0 Å². The third kappa shape index (κ3) is 4.36. The minimum Gasteiger partial charge on any atom is -0.340 e. The maximum absolute atomic E-state index is 13.1. The summed E-state index contributed by atoms with van der Waals surface area (Å²) in [6.45, 7) is 3.50. The molecule has 0 spiro atoms. The summed E-state index contributed by atoms with van der Waals surface area (Å²) < 4.78 is 0. The molecule has 1 unspecified atom stereocenters. The molecule has 1 fully saturated rings. The highest BCUT2D eigenvalue weighted by molar-refractivity contribution is 8.00. The van der Waals surface area contributed by atoms with E-state index in [0.29, 0.717) is 0 Å². The Kier molecular flexibility index (Phi) is 5.72. The van der Waals surface area contributed by atoms with E-state index in [-0.39, 0.29) is 11.2 Å². The summed E-state index contributed by atoms with van der Waals surface area (Å²) in [6, 6.07) is 20.3. The molecular weight excluding hydrogens is 304 g/mol. The number of nitrogens with zero attached hydrogens (tertiary/aromatic N) is 1. The summed E-state index contributed by atoms with van der Waals surface area (Å²) in [6.07, 6.45) is 1.02. The molecule has 0 saturated carbocycles. The maximum Gasteiger partial charge on any atom is 0.240 e. The Labute approximate surface area is 142 Å². The molecule has 0 radical (unpaired) electrons. The zero-order valence-electron chi connectivity index (χ0n) is 13.2. The molecule has 0 aromatic heterocycles. The Morgan fingerprint density at radius 3 is 2.39 bits per heavy atom. The van der Waals surface area contributed by atoms with E-state index in [2.05, 4.69) is 29.6 Å². The number of rotatable bonds is 4. The smallest absolute Gasteiger partial charge is 0.240 e. The SMILES string of the molecule is O=C(C(Sc1ccccc1)c1ccccc1)N1CCCNCC1. The lowest BCUT2D eigenvalue weighted by molar-refractivity contribution is -0.130. The fourth-order valence-corrected chi connectivity index (χ4v) is 3.89. The van der Waals surface area contributed by atoms with Crippen molar-refractivity contribution in [1.29, 1.82) is 0 Å². The van der Waals surface area contributed by atoms with E-state index < -0.39 is 0 Å². The molecule has 0 bridgehead atoms. The lowest BCUT2D eigenvalue weighted by Gasteiger charge is -2.26. The van der Waals surface area contributed by atoms with Crippen LogP contribution in [0.2, 0.25) is 0 Å². The number of amides is 1. The Hall–Kier alpha value is -1.78. The van der Waals surface area contributed by atoms with Crippen LogP contribution in [0.1, 0.15) is 17.2 Å². The van der Waals surface area contributed by atoms with Gasteiger partial charge in [0, 0.05) is 24.5 Å². The standard InChI is InChI=1S/C19H22N2OS/c22-19(21-14-7-12-20-13-15-21)18(16-8-3-1-4-9-16)23-17-10-5-2-6-11-17/h1-6,8-11,18,20H,7,12-15H2. The van der Waals surface area contributed by atoms with Crippen molar-refractivity contribution < 1.29 is 4.79 Å². The number of hydrogen-bond donors (Lipinski definition) is 1. The van der Waals surface area contributed by atoms with Gasteiger partial charge in [0.15, 0.2) is 0 Å². The van der Waals surface area contributed by atoms with Gasteiger partial charge in [0.25, 0.3) is 0 Å². The Morgan fingerprint density at radius 1 is 0.957 bits per heavy atom. The second-order valence-electron chi connectivity index (χ2n) is 5.65. The summed E-state index contributed by atoms with van der Waals surface area (Å²) in [4.78, 5) is 16.3. The van der Waals surface area contributed by atoms with Gasteiger partial charge in [-0.15, -0.1) is 11.8 Å². The first-order valence-electron chi connectivity index (χ1n) is 8.11. The number of hydrogen-bond acceptors (Lipinski definition) is 3. The lowest BCUT2D eigenvalue weighted by Crippen LogP contribution is -2.36. The van der Waals surface area contributed by atoms with Crippen LogP contribution < -0.4 is 5.32 Å². The van der Waals surface area contributed by atoms with Crippen molar-refractivity contribution in [1.82, 2.24) is 10.2 Å². The maximum atomic E-state index is 13.1. The van der Waals surface area contributed by atoms with E-state index in [4.69, 9.17) is 0 Å². The molecule has 1 N–H and O–H groups in total. The molecule has 1 aliphatic heterocycles. The van der Waals surface area contributed by atoms with Crippen LogP contribution in [0.5, 0.6) is 0 Å². The first-order valence-corrected chi connectivity index (χ1v) is 8.99. The van der Waals surface area contributed by atoms with Crippen molar-refractivity contribution in [3.63, 3.8) is 0 Å². The Balaban J connectivity index is 1.83. The summed E-state index contributed by atoms with van der Waals surface area (Å²) in [7, 11) is 0. The molecule has 4 heteroatoms. The van der Waals surface area contributed by atoms with Gasteiger partial charge < -0.3 is 10.2 Å². The predicted octanol–water partition coefficient (Wildman–Crippen LogP) is 3.34. The zero-order chi connectivity index (χ0) is 15.9. The molecule has 1 amide bonds. The fourth-order valence-electron chi connectivity index (χ4n) is 2.76. The van der Waals surface area contributed by atoms with Crippen molar-refractivity contribution in [3.05, 3.63) is 66.2 Å². The van der Waals surface area contributed by atoms with E-state index in [9.17, 15) is 4.79 Å². The van der Waals surface area contributed by atoms with Gasteiger partial charge in [-0.05, 0) is 30.7 Å². The van der Waals surface area contributed by atoms with E-state index in [1.54, 1.807) is 11.8 Å². The van der Waals surface area contributed by atoms with Gasteiger partial charge in [-0.1, -0.05) is 48.5 Å². The van der Waals surface area contributed by atoms with Gasteiger partial charge in [0.2, 0.25) is 5.91 Å². The van der Waals surface area contributed by atoms with Gasteiger partial charge >= 0.3 is 0 Å². The van der Waals surface area contributed by atoms with Gasteiger partial charge in [-0.25, -0.2) is 0 Å². The Bertz CT molecular complexity index is 610. The van der Waals surface area contributed by atoms with Crippen molar-refractivity contribution >= 4 is 17.7 Å². The van der Waals surface area contributed by atoms with E-state index in [1.807, 2.05) is 41.3 Å². The van der Waals surface area contributed by atoms with E-state index in [0.717, 1.165) is 43.1 Å². The second kappa shape index (κ2) is 8.18. The normalized spacial score (nSPS) is 16.6. The largest absolute Gasteiger partial charge is 0.340 e. The van der Waals surface area contributed by atoms with Crippen molar-refractivity contribution in [2.24, 2.45) is 0 Å². The molecule has 120 valence electrons. The van der Waals surface area contributed by atoms with E-state index >= 15 is 0 Å². The lowest BCUT2D eigenvalue weighted by atomic mass is 10.1. The first kappa shape index (κ1) is 16.1. The highest BCUT2D eigenvalue weighted by Crippen LogP contribution is 2.36. The number of benzene rings is 2. The molecule has 3 rings (SSSR count).